The fourth-order valence-corrected chi connectivity index (χ4v) is 3.36. The predicted octanol–water partition coefficient (Wildman–Crippen LogP) is 2.09. The number of H-pyrrole nitrogens is 1. The maximum Gasteiger partial charge on any atom is 0.224 e. The Balaban J connectivity index is 1.60. The van der Waals surface area contributed by atoms with E-state index in [1.165, 1.54) is 10.9 Å². The minimum absolute atomic E-state index is 0.0409. The van der Waals surface area contributed by atoms with Gasteiger partial charge < -0.3 is 15.2 Å². The highest BCUT2D eigenvalue weighted by atomic mass is 16.2. The van der Waals surface area contributed by atoms with Gasteiger partial charge in [0.15, 0.2) is 0 Å². The molecule has 5 heteroatoms. The van der Waals surface area contributed by atoms with Gasteiger partial charge in [-0.1, -0.05) is 18.2 Å². The Bertz CT molecular complexity index is 707. The molecule has 0 bridgehead atoms. The SMILES string of the molecule is CNC(=O)[C@@H]1CCCN(C(=O)CCc2c[nH]c3ccccc23)C1. The zero-order chi connectivity index (χ0) is 16.2. The lowest BCUT2D eigenvalue weighted by atomic mass is 9.96. The number of hydrogen-bond donors (Lipinski definition) is 2. The molecule has 2 heterocycles. The van der Waals surface area contributed by atoms with Gasteiger partial charge in [-0.05, 0) is 30.9 Å². The van der Waals surface area contributed by atoms with E-state index in [1.54, 1.807) is 7.05 Å². The Labute approximate surface area is 136 Å². The van der Waals surface area contributed by atoms with Crippen LogP contribution in [0.2, 0.25) is 0 Å². The van der Waals surface area contributed by atoms with Crippen LogP contribution in [0, 0.1) is 5.92 Å². The van der Waals surface area contributed by atoms with Crippen molar-refractivity contribution in [2.24, 2.45) is 5.92 Å². The highest BCUT2D eigenvalue weighted by Crippen LogP contribution is 2.21. The minimum Gasteiger partial charge on any atom is -0.361 e. The van der Waals surface area contributed by atoms with Crippen molar-refractivity contribution in [3.8, 4) is 0 Å². The van der Waals surface area contributed by atoms with Gasteiger partial charge in [-0.15, -0.1) is 0 Å². The Morgan fingerprint density at radius 1 is 1.35 bits per heavy atom. The van der Waals surface area contributed by atoms with Crippen LogP contribution in [0.4, 0.5) is 0 Å². The van der Waals surface area contributed by atoms with Crippen molar-refractivity contribution in [2.75, 3.05) is 20.1 Å². The first kappa shape index (κ1) is 15.6. The molecule has 0 spiro atoms. The van der Waals surface area contributed by atoms with E-state index in [0.717, 1.165) is 31.3 Å². The maximum atomic E-state index is 12.5. The van der Waals surface area contributed by atoms with Gasteiger partial charge in [-0.2, -0.15) is 0 Å². The van der Waals surface area contributed by atoms with E-state index in [4.69, 9.17) is 0 Å². The molecule has 1 aliphatic rings. The molecule has 2 aromatic rings. The lowest BCUT2D eigenvalue weighted by Gasteiger charge is -2.31. The number of fused-ring (bicyclic) bond motifs is 1. The number of piperidine rings is 1. The maximum absolute atomic E-state index is 12.5. The molecule has 0 aliphatic carbocycles. The van der Waals surface area contributed by atoms with Crippen LogP contribution < -0.4 is 5.32 Å². The van der Waals surface area contributed by atoms with E-state index >= 15 is 0 Å². The van der Waals surface area contributed by atoms with Crippen LogP contribution in [0.15, 0.2) is 30.5 Å². The van der Waals surface area contributed by atoms with Gasteiger partial charge in [0.05, 0.1) is 5.92 Å². The van der Waals surface area contributed by atoms with E-state index in [1.807, 2.05) is 29.3 Å². The Kier molecular flexibility index (Phi) is 4.65. The molecule has 1 aromatic carbocycles. The zero-order valence-electron chi connectivity index (χ0n) is 13.5. The predicted molar refractivity (Wildman–Crippen MR) is 90.0 cm³/mol. The second-order valence-corrected chi connectivity index (χ2v) is 6.15. The average molecular weight is 313 g/mol. The molecule has 1 atom stereocenters. The Morgan fingerprint density at radius 2 is 2.17 bits per heavy atom. The molecule has 2 amide bonds. The summed E-state index contributed by atoms with van der Waals surface area (Å²) < 4.78 is 0. The number of hydrogen-bond acceptors (Lipinski definition) is 2. The van der Waals surface area contributed by atoms with Crippen molar-refractivity contribution in [1.29, 1.82) is 0 Å². The number of benzene rings is 1. The summed E-state index contributed by atoms with van der Waals surface area (Å²) >= 11 is 0. The highest BCUT2D eigenvalue weighted by Gasteiger charge is 2.27. The molecule has 122 valence electrons. The Hall–Kier alpha value is -2.30. The molecule has 0 unspecified atom stereocenters. The lowest BCUT2D eigenvalue weighted by molar-refractivity contribution is -0.135. The fourth-order valence-electron chi connectivity index (χ4n) is 3.36. The normalized spacial score (nSPS) is 18.1. The van der Waals surface area contributed by atoms with Crippen LogP contribution in [-0.2, 0) is 16.0 Å². The van der Waals surface area contributed by atoms with E-state index in [2.05, 4.69) is 16.4 Å². The number of aromatic amines is 1. The highest BCUT2D eigenvalue weighted by molar-refractivity contribution is 5.84. The largest absolute Gasteiger partial charge is 0.361 e. The number of nitrogens with zero attached hydrogens (tertiary/aromatic N) is 1. The molecule has 3 rings (SSSR count). The van der Waals surface area contributed by atoms with E-state index < -0.39 is 0 Å². The standard InChI is InChI=1S/C18H23N3O2/c1-19-18(23)14-5-4-10-21(12-14)17(22)9-8-13-11-20-16-7-3-2-6-15(13)16/h2-3,6-7,11,14,20H,4-5,8-10,12H2,1H3,(H,19,23)/t14-/m1/s1. The number of likely N-dealkylation sites (tertiary alicyclic amines) is 1. The van der Waals surface area contributed by atoms with Crippen molar-refractivity contribution < 1.29 is 9.59 Å². The topological polar surface area (TPSA) is 65.2 Å². The van der Waals surface area contributed by atoms with Crippen molar-refractivity contribution in [2.45, 2.75) is 25.7 Å². The van der Waals surface area contributed by atoms with Gasteiger partial charge in [0.2, 0.25) is 11.8 Å². The van der Waals surface area contributed by atoms with Crippen molar-refractivity contribution >= 4 is 22.7 Å². The first-order valence-electron chi connectivity index (χ1n) is 8.23. The smallest absolute Gasteiger partial charge is 0.224 e. The van der Waals surface area contributed by atoms with Crippen LogP contribution >= 0.6 is 0 Å². The zero-order valence-corrected chi connectivity index (χ0v) is 13.5. The number of carbonyl (C=O) groups is 2. The van der Waals surface area contributed by atoms with Gasteiger partial charge in [0.25, 0.3) is 0 Å². The molecule has 2 N–H and O–H groups in total. The van der Waals surface area contributed by atoms with E-state index in [-0.39, 0.29) is 17.7 Å². The first-order valence-corrected chi connectivity index (χ1v) is 8.23. The summed E-state index contributed by atoms with van der Waals surface area (Å²) in [5, 5.41) is 3.87. The van der Waals surface area contributed by atoms with E-state index in [0.29, 0.717) is 13.0 Å². The third-order valence-electron chi connectivity index (χ3n) is 4.67. The summed E-state index contributed by atoms with van der Waals surface area (Å²) in [5.41, 5.74) is 2.28. The van der Waals surface area contributed by atoms with Crippen LogP contribution in [0.3, 0.4) is 0 Å². The summed E-state index contributed by atoms with van der Waals surface area (Å²) in [7, 11) is 1.65. The summed E-state index contributed by atoms with van der Waals surface area (Å²) in [6.07, 6.45) is 4.97. The molecular weight excluding hydrogens is 290 g/mol. The number of aryl methyl sites for hydroxylation is 1. The molecule has 0 saturated carbocycles. The van der Waals surface area contributed by atoms with Gasteiger partial charge in [0, 0.05) is 43.7 Å². The number of carbonyl (C=O) groups excluding carboxylic acids is 2. The van der Waals surface area contributed by atoms with Crippen molar-refractivity contribution in [3.63, 3.8) is 0 Å². The molecular formula is C18H23N3O2. The average Bonchev–Trinajstić information content (AvgIpc) is 3.02. The molecule has 1 aliphatic heterocycles. The van der Waals surface area contributed by atoms with Gasteiger partial charge >= 0.3 is 0 Å². The van der Waals surface area contributed by atoms with Crippen LogP contribution in [0.5, 0.6) is 0 Å². The molecule has 1 fully saturated rings. The molecule has 1 saturated heterocycles. The third-order valence-corrected chi connectivity index (χ3v) is 4.67. The number of nitrogens with one attached hydrogen (secondary N) is 2. The van der Waals surface area contributed by atoms with Crippen molar-refractivity contribution in [1.82, 2.24) is 15.2 Å². The number of amides is 2. The van der Waals surface area contributed by atoms with Crippen molar-refractivity contribution in [3.05, 3.63) is 36.0 Å². The quantitative estimate of drug-likeness (QED) is 0.907. The molecule has 1 aromatic heterocycles. The van der Waals surface area contributed by atoms with Gasteiger partial charge in [-0.3, -0.25) is 9.59 Å². The van der Waals surface area contributed by atoms with Crippen LogP contribution in [0.1, 0.15) is 24.8 Å². The number of para-hydroxylation sites is 1. The van der Waals surface area contributed by atoms with Gasteiger partial charge in [-0.25, -0.2) is 0 Å². The minimum atomic E-state index is -0.0641. The van der Waals surface area contributed by atoms with Gasteiger partial charge in [0.1, 0.15) is 0 Å². The summed E-state index contributed by atoms with van der Waals surface area (Å²) in [5.74, 6) is 0.119. The van der Waals surface area contributed by atoms with E-state index in [9.17, 15) is 9.59 Å². The van der Waals surface area contributed by atoms with Crippen LogP contribution in [0.25, 0.3) is 10.9 Å². The first-order chi connectivity index (χ1) is 11.2. The second-order valence-electron chi connectivity index (χ2n) is 6.15. The molecule has 23 heavy (non-hydrogen) atoms. The monoisotopic (exact) mass is 313 g/mol. The molecule has 0 radical (unpaired) electrons. The van der Waals surface area contributed by atoms with Crippen LogP contribution in [-0.4, -0.2) is 41.8 Å². The summed E-state index contributed by atoms with van der Waals surface area (Å²) in [6, 6.07) is 8.13. The summed E-state index contributed by atoms with van der Waals surface area (Å²) in [6.45, 7) is 1.31. The molecule has 5 nitrogen and oxygen atoms in total. The fraction of sp³-hybridized carbons (Fsp3) is 0.444. The Morgan fingerprint density at radius 3 is 3.00 bits per heavy atom. The summed E-state index contributed by atoms with van der Waals surface area (Å²) in [4.78, 5) is 29.3. The third kappa shape index (κ3) is 3.38. The number of aromatic nitrogens is 1. The lowest BCUT2D eigenvalue weighted by Crippen LogP contribution is -2.44. The number of rotatable bonds is 4. The second kappa shape index (κ2) is 6.86.